The van der Waals surface area contributed by atoms with E-state index < -0.39 is 5.97 Å². The van der Waals surface area contributed by atoms with Gasteiger partial charge in [0.1, 0.15) is 11.6 Å². The van der Waals surface area contributed by atoms with E-state index >= 15 is 0 Å². The van der Waals surface area contributed by atoms with Crippen molar-refractivity contribution in [3.8, 4) is 5.75 Å². The zero-order chi connectivity index (χ0) is 13.1. The number of phenolic OH excluding ortho intramolecular Hbond substituents is 1. The van der Waals surface area contributed by atoms with E-state index in [0.29, 0.717) is 5.56 Å². The van der Waals surface area contributed by atoms with E-state index in [2.05, 4.69) is 0 Å². The fraction of sp³-hybridized carbons (Fsp3) is 0.500. The minimum Gasteiger partial charge on any atom is -0.508 e. The second kappa shape index (κ2) is 5.38. The summed E-state index contributed by atoms with van der Waals surface area (Å²) < 4.78 is 13.2. The maximum absolute atomic E-state index is 13.2. The highest BCUT2D eigenvalue weighted by Crippen LogP contribution is 2.40. The molecule has 1 aromatic carbocycles. The average Bonchev–Trinajstić information content (AvgIpc) is 2.33. The molecule has 0 amide bonds. The molecule has 3 nitrogen and oxygen atoms in total. The molecule has 1 aliphatic carbocycles. The van der Waals surface area contributed by atoms with Crippen LogP contribution in [0, 0.1) is 11.7 Å². The van der Waals surface area contributed by atoms with Crippen molar-refractivity contribution in [1.29, 1.82) is 0 Å². The van der Waals surface area contributed by atoms with Gasteiger partial charge >= 0.3 is 5.97 Å². The molecular formula is C14H17FO3. The van der Waals surface area contributed by atoms with Gasteiger partial charge in [0.05, 0.1) is 0 Å². The number of carboxylic acid groups (broad SMARTS) is 1. The summed E-state index contributed by atoms with van der Waals surface area (Å²) in [5, 5.41) is 18.5. The molecule has 0 heterocycles. The van der Waals surface area contributed by atoms with Gasteiger partial charge in [0.15, 0.2) is 0 Å². The van der Waals surface area contributed by atoms with E-state index in [9.17, 15) is 14.3 Å². The van der Waals surface area contributed by atoms with Crippen molar-refractivity contribution in [3.05, 3.63) is 29.6 Å². The summed E-state index contributed by atoms with van der Waals surface area (Å²) in [4.78, 5) is 10.6. The Morgan fingerprint density at radius 1 is 1.28 bits per heavy atom. The summed E-state index contributed by atoms with van der Waals surface area (Å²) in [6, 6.07) is 4.01. The first kappa shape index (κ1) is 12.9. The second-order valence-corrected chi connectivity index (χ2v) is 5.02. The summed E-state index contributed by atoms with van der Waals surface area (Å²) in [5.41, 5.74) is 0.656. The lowest BCUT2D eigenvalue weighted by Gasteiger charge is -2.28. The number of halogens is 1. The molecule has 0 aromatic heterocycles. The summed E-state index contributed by atoms with van der Waals surface area (Å²) in [6.45, 7) is 0. The van der Waals surface area contributed by atoms with Crippen molar-refractivity contribution in [1.82, 2.24) is 0 Å². The minimum absolute atomic E-state index is 0.137. The zero-order valence-electron chi connectivity index (χ0n) is 10.1. The molecule has 0 bridgehead atoms. The van der Waals surface area contributed by atoms with Crippen LogP contribution in [0.15, 0.2) is 18.2 Å². The summed E-state index contributed by atoms with van der Waals surface area (Å²) >= 11 is 0. The van der Waals surface area contributed by atoms with Crippen molar-refractivity contribution in [2.75, 3.05) is 0 Å². The van der Waals surface area contributed by atoms with Gasteiger partial charge in [-0.3, -0.25) is 4.79 Å². The third kappa shape index (κ3) is 3.00. The maximum Gasteiger partial charge on any atom is 0.303 e. The van der Waals surface area contributed by atoms with Crippen LogP contribution in [-0.2, 0) is 4.79 Å². The smallest absolute Gasteiger partial charge is 0.303 e. The maximum atomic E-state index is 13.2. The topological polar surface area (TPSA) is 57.5 Å². The molecule has 2 rings (SSSR count). The van der Waals surface area contributed by atoms with Crippen molar-refractivity contribution >= 4 is 5.97 Å². The monoisotopic (exact) mass is 252 g/mol. The number of aromatic hydroxyl groups is 1. The molecule has 1 aliphatic rings. The van der Waals surface area contributed by atoms with Gasteiger partial charge in [0.25, 0.3) is 0 Å². The van der Waals surface area contributed by atoms with E-state index in [4.69, 9.17) is 5.11 Å². The van der Waals surface area contributed by atoms with E-state index in [1.165, 1.54) is 18.2 Å². The molecule has 0 aliphatic heterocycles. The molecule has 2 N–H and O–H groups in total. The van der Waals surface area contributed by atoms with Crippen LogP contribution in [0.4, 0.5) is 4.39 Å². The lowest BCUT2D eigenvalue weighted by atomic mass is 9.77. The third-order valence-corrected chi connectivity index (χ3v) is 3.74. The van der Waals surface area contributed by atoms with Crippen molar-refractivity contribution in [2.24, 2.45) is 5.92 Å². The Morgan fingerprint density at radius 3 is 2.56 bits per heavy atom. The summed E-state index contributed by atoms with van der Waals surface area (Å²) in [7, 11) is 0. The van der Waals surface area contributed by atoms with Gasteiger partial charge in [-0.25, -0.2) is 4.39 Å². The molecule has 0 saturated heterocycles. The number of phenols is 1. The number of hydrogen-bond acceptors (Lipinski definition) is 2. The Hall–Kier alpha value is -1.58. The zero-order valence-corrected chi connectivity index (χ0v) is 10.1. The molecule has 0 spiro atoms. The standard InChI is InChI=1S/C14H17FO3/c15-11-5-6-13(16)12(8-11)10-3-1-9(2-4-10)7-14(17)18/h5-6,8-10,16H,1-4,7H2,(H,17,18). The highest BCUT2D eigenvalue weighted by atomic mass is 19.1. The molecular weight excluding hydrogens is 235 g/mol. The van der Waals surface area contributed by atoms with Gasteiger partial charge in [0.2, 0.25) is 0 Å². The van der Waals surface area contributed by atoms with Crippen LogP contribution >= 0.6 is 0 Å². The molecule has 1 fully saturated rings. The summed E-state index contributed by atoms with van der Waals surface area (Å²) in [5.74, 6) is -0.596. The third-order valence-electron chi connectivity index (χ3n) is 3.74. The van der Waals surface area contributed by atoms with Gasteiger partial charge in [-0.05, 0) is 61.3 Å². The Kier molecular flexibility index (Phi) is 3.84. The largest absolute Gasteiger partial charge is 0.508 e. The normalized spacial score (nSPS) is 23.8. The Morgan fingerprint density at radius 2 is 1.94 bits per heavy atom. The van der Waals surface area contributed by atoms with Crippen molar-refractivity contribution in [3.63, 3.8) is 0 Å². The second-order valence-electron chi connectivity index (χ2n) is 5.02. The van der Waals surface area contributed by atoms with Crippen LogP contribution in [0.2, 0.25) is 0 Å². The van der Waals surface area contributed by atoms with Crippen LogP contribution in [0.25, 0.3) is 0 Å². The molecule has 4 heteroatoms. The molecule has 0 unspecified atom stereocenters. The molecule has 18 heavy (non-hydrogen) atoms. The van der Waals surface area contributed by atoms with Gasteiger partial charge in [-0.15, -0.1) is 0 Å². The lowest BCUT2D eigenvalue weighted by molar-refractivity contribution is -0.138. The van der Waals surface area contributed by atoms with Crippen LogP contribution in [-0.4, -0.2) is 16.2 Å². The fourth-order valence-electron chi connectivity index (χ4n) is 2.78. The van der Waals surface area contributed by atoms with Crippen LogP contribution in [0.3, 0.4) is 0 Å². The van der Waals surface area contributed by atoms with Gasteiger partial charge in [-0.1, -0.05) is 0 Å². The molecule has 1 aromatic rings. The Balaban J connectivity index is 2.01. The predicted octanol–water partition coefficient (Wildman–Crippen LogP) is 3.28. The van der Waals surface area contributed by atoms with Crippen LogP contribution in [0.1, 0.15) is 43.6 Å². The number of aliphatic carboxylic acids is 1. The first-order valence-electron chi connectivity index (χ1n) is 6.26. The number of carbonyl (C=O) groups is 1. The van der Waals surface area contributed by atoms with Gasteiger partial charge in [-0.2, -0.15) is 0 Å². The molecule has 0 atom stereocenters. The van der Waals surface area contributed by atoms with Crippen LogP contribution < -0.4 is 0 Å². The van der Waals surface area contributed by atoms with Gasteiger partial charge in [0, 0.05) is 6.42 Å². The van der Waals surface area contributed by atoms with Gasteiger partial charge < -0.3 is 10.2 Å². The number of hydrogen-bond donors (Lipinski definition) is 2. The quantitative estimate of drug-likeness (QED) is 0.868. The highest BCUT2D eigenvalue weighted by molar-refractivity contribution is 5.67. The SMILES string of the molecule is O=C(O)CC1CCC(c2cc(F)ccc2O)CC1. The number of rotatable bonds is 3. The number of carboxylic acids is 1. The first-order valence-corrected chi connectivity index (χ1v) is 6.26. The summed E-state index contributed by atoms with van der Waals surface area (Å²) in [6.07, 6.45) is 3.49. The average molecular weight is 252 g/mol. The van der Waals surface area contributed by atoms with Crippen molar-refractivity contribution < 1.29 is 19.4 Å². The molecule has 98 valence electrons. The van der Waals surface area contributed by atoms with Crippen molar-refractivity contribution in [2.45, 2.75) is 38.0 Å². The first-order chi connectivity index (χ1) is 8.56. The highest BCUT2D eigenvalue weighted by Gasteiger charge is 2.25. The van der Waals surface area contributed by atoms with Crippen LogP contribution in [0.5, 0.6) is 5.75 Å². The lowest BCUT2D eigenvalue weighted by Crippen LogP contribution is -2.16. The predicted molar refractivity (Wildman–Crippen MR) is 65.0 cm³/mol. The minimum atomic E-state index is -0.757. The Bertz CT molecular complexity index is 437. The van der Waals surface area contributed by atoms with E-state index in [0.717, 1.165) is 25.7 Å². The Labute approximate surface area is 105 Å². The van der Waals surface area contributed by atoms with E-state index in [-0.39, 0.29) is 29.8 Å². The number of benzene rings is 1. The van der Waals surface area contributed by atoms with E-state index in [1.54, 1.807) is 0 Å². The fourth-order valence-corrected chi connectivity index (χ4v) is 2.78. The molecule has 0 radical (unpaired) electrons. The molecule has 1 saturated carbocycles. The van der Waals surface area contributed by atoms with E-state index in [1.807, 2.05) is 0 Å².